The van der Waals surface area contributed by atoms with Crippen LogP contribution < -0.4 is 5.73 Å². The number of para-hydroxylation sites is 1. The molecule has 22 heavy (non-hydrogen) atoms. The van der Waals surface area contributed by atoms with Crippen LogP contribution in [0.3, 0.4) is 0 Å². The van der Waals surface area contributed by atoms with Crippen molar-refractivity contribution in [3.05, 3.63) is 36.0 Å². The Labute approximate surface area is 131 Å². The second-order valence-corrected chi connectivity index (χ2v) is 6.31. The molecule has 1 aromatic heterocycles. The standard InChI is InChI=1S/C18H25N3O/c19-10-5-1-2-6-14-9-11-21(13-14)18(22)17-12-15-7-3-4-8-16(15)20-17/h3-4,7-8,12,14,20H,1-2,5-6,9-11,13,19H2. The highest BCUT2D eigenvalue weighted by Gasteiger charge is 2.27. The van der Waals surface area contributed by atoms with Crippen molar-refractivity contribution < 1.29 is 4.79 Å². The molecule has 1 unspecified atom stereocenters. The van der Waals surface area contributed by atoms with Crippen LogP contribution in [0.15, 0.2) is 30.3 Å². The van der Waals surface area contributed by atoms with E-state index < -0.39 is 0 Å². The first kappa shape index (κ1) is 15.1. The first-order valence-corrected chi connectivity index (χ1v) is 8.35. The van der Waals surface area contributed by atoms with E-state index in [2.05, 4.69) is 4.98 Å². The van der Waals surface area contributed by atoms with Gasteiger partial charge in [0.15, 0.2) is 0 Å². The molecule has 0 bridgehead atoms. The van der Waals surface area contributed by atoms with Gasteiger partial charge in [0.25, 0.3) is 5.91 Å². The number of aromatic nitrogens is 1. The molecule has 1 aliphatic heterocycles. The fourth-order valence-corrected chi connectivity index (χ4v) is 3.37. The van der Waals surface area contributed by atoms with Crippen molar-refractivity contribution >= 4 is 16.8 Å². The maximum atomic E-state index is 12.6. The fraction of sp³-hybridized carbons (Fsp3) is 0.500. The first-order valence-electron chi connectivity index (χ1n) is 8.35. The van der Waals surface area contributed by atoms with E-state index in [0.29, 0.717) is 11.6 Å². The van der Waals surface area contributed by atoms with Gasteiger partial charge in [-0.15, -0.1) is 0 Å². The maximum absolute atomic E-state index is 12.6. The van der Waals surface area contributed by atoms with Gasteiger partial charge in [0, 0.05) is 24.0 Å². The van der Waals surface area contributed by atoms with Gasteiger partial charge in [-0.05, 0) is 43.9 Å². The minimum atomic E-state index is 0.139. The number of nitrogens with one attached hydrogen (secondary N) is 1. The lowest BCUT2D eigenvalue weighted by molar-refractivity contribution is 0.0781. The van der Waals surface area contributed by atoms with E-state index in [0.717, 1.165) is 43.4 Å². The van der Waals surface area contributed by atoms with Crippen molar-refractivity contribution in [3.8, 4) is 0 Å². The van der Waals surface area contributed by atoms with Gasteiger partial charge in [-0.25, -0.2) is 0 Å². The van der Waals surface area contributed by atoms with Gasteiger partial charge in [-0.3, -0.25) is 4.79 Å². The summed E-state index contributed by atoms with van der Waals surface area (Å²) in [5.74, 6) is 0.798. The second kappa shape index (κ2) is 6.97. The lowest BCUT2D eigenvalue weighted by Crippen LogP contribution is -2.28. The molecular formula is C18H25N3O. The second-order valence-electron chi connectivity index (χ2n) is 6.31. The monoisotopic (exact) mass is 299 g/mol. The number of likely N-dealkylation sites (tertiary alicyclic amines) is 1. The first-order chi connectivity index (χ1) is 10.8. The van der Waals surface area contributed by atoms with Crippen LogP contribution >= 0.6 is 0 Å². The molecule has 1 aromatic carbocycles. The number of hydrogen-bond donors (Lipinski definition) is 2. The number of carbonyl (C=O) groups excluding carboxylic acids is 1. The molecule has 1 amide bonds. The molecule has 2 heterocycles. The van der Waals surface area contributed by atoms with Crippen molar-refractivity contribution in [1.29, 1.82) is 0 Å². The van der Waals surface area contributed by atoms with E-state index >= 15 is 0 Å². The summed E-state index contributed by atoms with van der Waals surface area (Å²) in [5, 5.41) is 1.10. The number of hydrogen-bond acceptors (Lipinski definition) is 2. The summed E-state index contributed by atoms with van der Waals surface area (Å²) in [4.78, 5) is 17.9. The van der Waals surface area contributed by atoms with Crippen LogP contribution in [0.5, 0.6) is 0 Å². The number of fused-ring (bicyclic) bond motifs is 1. The predicted molar refractivity (Wildman–Crippen MR) is 89.8 cm³/mol. The molecule has 0 saturated carbocycles. The number of rotatable bonds is 6. The highest BCUT2D eigenvalue weighted by Crippen LogP contribution is 2.24. The van der Waals surface area contributed by atoms with Crippen LogP contribution in [0, 0.1) is 5.92 Å². The zero-order valence-electron chi connectivity index (χ0n) is 13.1. The Morgan fingerprint density at radius 1 is 1.27 bits per heavy atom. The lowest BCUT2D eigenvalue weighted by atomic mass is 10.0. The van der Waals surface area contributed by atoms with Gasteiger partial charge in [0.05, 0.1) is 0 Å². The summed E-state index contributed by atoms with van der Waals surface area (Å²) in [6, 6.07) is 9.99. The third-order valence-electron chi connectivity index (χ3n) is 4.65. The van der Waals surface area contributed by atoms with Crippen molar-refractivity contribution in [3.63, 3.8) is 0 Å². The summed E-state index contributed by atoms with van der Waals surface area (Å²) >= 11 is 0. The number of amides is 1. The zero-order chi connectivity index (χ0) is 15.4. The minimum Gasteiger partial charge on any atom is -0.351 e. The Hall–Kier alpha value is -1.81. The number of carbonyl (C=O) groups is 1. The van der Waals surface area contributed by atoms with Gasteiger partial charge < -0.3 is 15.6 Å². The molecule has 4 nitrogen and oxygen atoms in total. The van der Waals surface area contributed by atoms with E-state index in [1.54, 1.807) is 0 Å². The summed E-state index contributed by atoms with van der Waals surface area (Å²) in [6.07, 6.45) is 5.91. The SMILES string of the molecule is NCCCCCC1CCN(C(=O)c2cc3ccccc3[nH]2)C1. The topological polar surface area (TPSA) is 62.1 Å². The quantitative estimate of drug-likeness (QED) is 0.805. The number of aromatic amines is 1. The van der Waals surface area contributed by atoms with Crippen molar-refractivity contribution in [2.75, 3.05) is 19.6 Å². The molecule has 3 N–H and O–H groups in total. The predicted octanol–water partition coefficient (Wildman–Crippen LogP) is 3.15. The molecule has 1 atom stereocenters. The molecule has 1 fully saturated rings. The van der Waals surface area contributed by atoms with Crippen LogP contribution in [0.2, 0.25) is 0 Å². The maximum Gasteiger partial charge on any atom is 0.270 e. The third-order valence-corrected chi connectivity index (χ3v) is 4.65. The van der Waals surface area contributed by atoms with Crippen LogP contribution in [0.1, 0.15) is 42.6 Å². The largest absolute Gasteiger partial charge is 0.351 e. The molecule has 2 aromatic rings. The number of unbranched alkanes of at least 4 members (excludes halogenated alkanes) is 2. The van der Waals surface area contributed by atoms with Gasteiger partial charge in [-0.2, -0.15) is 0 Å². The Bertz CT molecular complexity index is 601. The molecular weight excluding hydrogens is 274 g/mol. The van der Waals surface area contributed by atoms with Crippen LogP contribution in [-0.4, -0.2) is 35.4 Å². The van der Waals surface area contributed by atoms with Crippen molar-refractivity contribution in [1.82, 2.24) is 9.88 Å². The fourth-order valence-electron chi connectivity index (χ4n) is 3.37. The van der Waals surface area contributed by atoms with E-state index in [1.807, 2.05) is 35.2 Å². The Morgan fingerprint density at radius 3 is 2.95 bits per heavy atom. The molecule has 1 aliphatic rings. The number of nitrogens with zero attached hydrogens (tertiary/aromatic N) is 1. The molecule has 0 radical (unpaired) electrons. The number of nitrogens with two attached hydrogens (primary N) is 1. The van der Waals surface area contributed by atoms with E-state index in [1.165, 1.54) is 19.3 Å². The molecule has 1 saturated heterocycles. The normalized spacial score (nSPS) is 18.2. The molecule has 0 aliphatic carbocycles. The van der Waals surface area contributed by atoms with Gasteiger partial charge in [0.1, 0.15) is 5.69 Å². The van der Waals surface area contributed by atoms with Gasteiger partial charge in [0.2, 0.25) is 0 Å². The molecule has 4 heteroatoms. The third kappa shape index (κ3) is 3.33. The molecule has 118 valence electrons. The van der Waals surface area contributed by atoms with Crippen molar-refractivity contribution in [2.45, 2.75) is 32.1 Å². The highest BCUT2D eigenvalue weighted by atomic mass is 16.2. The van der Waals surface area contributed by atoms with Crippen LogP contribution in [0.25, 0.3) is 10.9 Å². The summed E-state index contributed by atoms with van der Waals surface area (Å²) in [6.45, 7) is 2.57. The van der Waals surface area contributed by atoms with Gasteiger partial charge >= 0.3 is 0 Å². The molecule has 3 rings (SSSR count). The van der Waals surface area contributed by atoms with E-state index in [-0.39, 0.29) is 5.91 Å². The van der Waals surface area contributed by atoms with Gasteiger partial charge in [-0.1, -0.05) is 31.0 Å². The Morgan fingerprint density at radius 2 is 2.14 bits per heavy atom. The number of H-pyrrole nitrogens is 1. The summed E-state index contributed by atoms with van der Waals surface area (Å²) in [5.41, 5.74) is 7.27. The van der Waals surface area contributed by atoms with Crippen molar-refractivity contribution in [2.24, 2.45) is 11.7 Å². The molecule has 0 spiro atoms. The average molecular weight is 299 g/mol. The minimum absolute atomic E-state index is 0.139. The highest BCUT2D eigenvalue weighted by molar-refractivity contribution is 5.98. The summed E-state index contributed by atoms with van der Waals surface area (Å²) < 4.78 is 0. The van der Waals surface area contributed by atoms with Crippen LogP contribution in [-0.2, 0) is 0 Å². The number of benzene rings is 1. The smallest absolute Gasteiger partial charge is 0.270 e. The van der Waals surface area contributed by atoms with E-state index in [9.17, 15) is 4.79 Å². The van der Waals surface area contributed by atoms with Crippen LogP contribution in [0.4, 0.5) is 0 Å². The average Bonchev–Trinajstić information content (AvgIpc) is 3.17. The zero-order valence-corrected chi connectivity index (χ0v) is 13.1. The lowest BCUT2D eigenvalue weighted by Gasteiger charge is -2.15. The Kier molecular flexibility index (Phi) is 4.78. The Balaban J connectivity index is 1.57. The summed E-state index contributed by atoms with van der Waals surface area (Å²) in [7, 11) is 0. The van der Waals surface area contributed by atoms with E-state index in [4.69, 9.17) is 5.73 Å².